The molecule has 2 aliphatic heterocycles. The maximum absolute atomic E-state index is 14.3. The fraction of sp³-hybridized carbons (Fsp3) is 0.367. The van der Waals surface area contributed by atoms with E-state index in [4.69, 9.17) is 16.1 Å². The van der Waals surface area contributed by atoms with Crippen LogP contribution in [0.25, 0.3) is 11.1 Å². The van der Waals surface area contributed by atoms with Crippen molar-refractivity contribution in [3.8, 4) is 11.1 Å². The molecule has 7 rings (SSSR count). The third-order valence-electron chi connectivity index (χ3n) is 12.4. The number of benzene rings is 5. The van der Waals surface area contributed by atoms with Gasteiger partial charge in [0.05, 0.1) is 23.4 Å². The molecule has 0 spiro atoms. The summed E-state index contributed by atoms with van der Waals surface area (Å²) in [4.78, 5) is 28.9. The molecular weight excluding hydrogens is 1010 g/mol. The topological polar surface area (TPSA) is 166 Å². The fourth-order valence-electron chi connectivity index (χ4n) is 8.62. The van der Waals surface area contributed by atoms with Gasteiger partial charge in [0.1, 0.15) is 4.90 Å². The third kappa shape index (κ3) is 14.2. The van der Waals surface area contributed by atoms with Gasteiger partial charge in [-0.15, -0.1) is 11.8 Å². The first kappa shape index (κ1) is 53.4. The fourth-order valence-corrected chi connectivity index (χ4v) is 13.3. The molecule has 2 fully saturated rings. The van der Waals surface area contributed by atoms with Crippen molar-refractivity contribution < 1.29 is 48.8 Å². The minimum atomic E-state index is -6.12. The van der Waals surface area contributed by atoms with Crippen LogP contribution in [0.15, 0.2) is 136 Å². The number of nitrogens with one attached hydrogen (secondary N) is 2. The monoisotopic (exact) mass is 1060 g/mol. The lowest BCUT2D eigenvalue weighted by Gasteiger charge is -2.36. The van der Waals surface area contributed by atoms with E-state index in [2.05, 4.69) is 32.1 Å². The van der Waals surface area contributed by atoms with Crippen molar-refractivity contribution in [2.24, 2.45) is 5.92 Å². The number of carbonyl (C=O) groups excluding carboxylic acids is 1. The first-order chi connectivity index (χ1) is 33.3. The lowest BCUT2D eigenvalue weighted by atomic mass is 9.98. The SMILES string of the molecule is CCOP(=O)(O)CC1CCN(CC[C@H](CSc2ccccc2)Nc2ccc(S(=O)(=O)NC(=O)c3ccc(N4CCN(Cc5ccccc5-c5ccc(Cl)cc5)CC4)cc3)cc2S(=O)(=O)C(F)(F)F)CC1. The number of rotatable bonds is 20. The molecule has 2 saturated heterocycles. The molecule has 21 heteroatoms. The summed E-state index contributed by atoms with van der Waals surface area (Å²) in [5.41, 5.74) is -2.07. The van der Waals surface area contributed by atoms with Gasteiger partial charge in [-0.25, -0.2) is 21.6 Å². The summed E-state index contributed by atoms with van der Waals surface area (Å²) in [5.74, 6) is -0.767. The van der Waals surface area contributed by atoms with E-state index in [0.717, 1.165) is 53.5 Å². The summed E-state index contributed by atoms with van der Waals surface area (Å²) in [5, 5.41) is 3.65. The number of sulfonamides is 1. The number of piperidine rings is 1. The number of anilines is 2. The van der Waals surface area contributed by atoms with Crippen LogP contribution < -0.4 is 14.9 Å². The van der Waals surface area contributed by atoms with Crippen molar-refractivity contribution in [1.82, 2.24) is 14.5 Å². The number of hydrogen-bond acceptors (Lipinski definition) is 12. The van der Waals surface area contributed by atoms with Gasteiger partial charge in [-0.05, 0) is 129 Å². The van der Waals surface area contributed by atoms with E-state index < -0.39 is 60.4 Å². The Balaban J connectivity index is 1.01. The lowest BCUT2D eigenvalue weighted by Crippen LogP contribution is -2.46. The molecule has 70 heavy (non-hydrogen) atoms. The second kappa shape index (κ2) is 23.4. The van der Waals surface area contributed by atoms with Gasteiger partial charge in [-0.2, -0.15) is 13.2 Å². The van der Waals surface area contributed by atoms with Gasteiger partial charge in [0.2, 0.25) is 0 Å². The summed E-state index contributed by atoms with van der Waals surface area (Å²) in [6.07, 6.45) is 1.69. The first-order valence-electron chi connectivity index (χ1n) is 22.9. The van der Waals surface area contributed by atoms with E-state index >= 15 is 0 Å². The smallest absolute Gasteiger partial charge is 0.380 e. The Hall–Kier alpha value is -4.43. The Morgan fingerprint density at radius 3 is 2.17 bits per heavy atom. The molecule has 0 aliphatic carbocycles. The number of carbonyl (C=O) groups is 1. The number of sulfone groups is 1. The van der Waals surface area contributed by atoms with Crippen molar-refractivity contribution in [2.75, 3.05) is 74.6 Å². The Kier molecular flexibility index (Phi) is 17.9. The molecule has 5 aromatic rings. The lowest BCUT2D eigenvalue weighted by molar-refractivity contribution is -0.0436. The number of alkyl halides is 3. The maximum atomic E-state index is 14.3. The van der Waals surface area contributed by atoms with Gasteiger partial charge in [-0.1, -0.05) is 66.2 Å². The average Bonchev–Trinajstić information content (AvgIpc) is 3.33. The minimum Gasteiger partial charge on any atom is -0.380 e. The van der Waals surface area contributed by atoms with Crippen molar-refractivity contribution in [3.63, 3.8) is 0 Å². The third-order valence-corrected chi connectivity index (χ3v) is 18.3. The Bertz CT molecular complexity index is 2840. The van der Waals surface area contributed by atoms with E-state index in [1.807, 2.05) is 71.5 Å². The van der Waals surface area contributed by atoms with E-state index in [-0.39, 0.29) is 24.3 Å². The molecule has 2 aliphatic rings. The van der Waals surface area contributed by atoms with Crippen molar-refractivity contribution >= 4 is 68.1 Å². The predicted octanol–water partition coefficient (Wildman–Crippen LogP) is 9.64. The van der Waals surface area contributed by atoms with E-state index in [0.29, 0.717) is 68.8 Å². The normalized spacial score (nSPS) is 16.9. The van der Waals surface area contributed by atoms with Crippen LogP contribution in [-0.4, -0.2) is 113 Å². The highest BCUT2D eigenvalue weighted by Crippen LogP contribution is 2.45. The first-order valence-corrected chi connectivity index (χ1v) is 29.0. The highest BCUT2D eigenvalue weighted by atomic mass is 35.5. The molecule has 2 heterocycles. The molecule has 5 aromatic carbocycles. The Morgan fingerprint density at radius 1 is 0.857 bits per heavy atom. The van der Waals surface area contributed by atoms with Gasteiger partial charge in [0.25, 0.3) is 25.8 Å². The molecule has 1 amide bonds. The maximum Gasteiger partial charge on any atom is 0.501 e. The summed E-state index contributed by atoms with van der Waals surface area (Å²) >= 11 is 7.53. The second-order valence-corrected chi connectivity index (χ2v) is 24.3. The number of thioether (sulfide) groups is 1. The van der Waals surface area contributed by atoms with E-state index in [1.54, 1.807) is 19.1 Å². The zero-order chi connectivity index (χ0) is 50.1. The zero-order valence-electron chi connectivity index (χ0n) is 38.4. The molecule has 13 nitrogen and oxygen atoms in total. The summed E-state index contributed by atoms with van der Waals surface area (Å²) in [6.45, 7) is 7.11. The molecule has 2 atom stereocenters. The van der Waals surface area contributed by atoms with Crippen LogP contribution in [0.5, 0.6) is 0 Å². The van der Waals surface area contributed by atoms with Gasteiger partial charge in [-0.3, -0.25) is 14.3 Å². The van der Waals surface area contributed by atoms with Gasteiger partial charge < -0.3 is 24.5 Å². The zero-order valence-corrected chi connectivity index (χ0v) is 42.5. The molecule has 3 N–H and O–H groups in total. The van der Waals surface area contributed by atoms with Crippen LogP contribution in [0.1, 0.15) is 42.1 Å². The van der Waals surface area contributed by atoms with Crippen molar-refractivity contribution in [3.05, 3.63) is 137 Å². The van der Waals surface area contributed by atoms with Gasteiger partial charge in [0.15, 0.2) is 0 Å². The molecule has 0 bridgehead atoms. The number of hydrogen-bond donors (Lipinski definition) is 3. The molecule has 0 radical (unpaired) electrons. The number of nitrogens with zero attached hydrogens (tertiary/aromatic N) is 3. The molecule has 0 aromatic heterocycles. The number of halogens is 4. The average molecular weight is 1060 g/mol. The Morgan fingerprint density at radius 2 is 1.51 bits per heavy atom. The van der Waals surface area contributed by atoms with Crippen LogP contribution in [0.3, 0.4) is 0 Å². The van der Waals surface area contributed by atoms with Crippen LogP contribution >= 0.6 is 31.0 Å². The van der Waals surface area contributed by atoms with Gasteiger partial charge >= 0.3 is 13.1 Å². The second-order valence-electron chi connectivity index (χ2n) is 17.3. The quantitative estimate of drug-likeness (QED) is 0.0499. The van der Waals surface area contributed by atoms with Crippen LogP contribution in [0.2, 0.25) is 5.02 Å². The number of piperazine rings is 1. The number of likely N-dealkylation sites (tertiary alicyclic amines) is 1. The van der Waals surface area contributed by atoms with E-state index in [1.165, 1.54) is 29.5 Å². The predicted molar refractivity (Wildman–Crippen MR) is 270 cm³/mol. The summed E-state index contributed by atoms with van der Waals surface area (Å²) in [6, 6.07) is 33.3. The van der Waals surface area contributed by atoms with Crippen LogP contribution in [-0.2, 0) is 35.5 Å². The van der Waals surface area contributed by atoms with Crippen LogP contribution in [0.4, 0.5) is 24.5 Å². The van der Waals surface area contributed by atoms with E-state index in [9.17, 15) is 44.3 Å². The molecule has 376 valence electrons. The Labute approximate surface area is 417 Å². The van der Waals surface area contributed by atoms with Crippen molar-refractivity contribution in [2.45, 2.75) is 59.0 Å². The van der Waals surface area contributed by atoms with Gasteiger partial charge in [0, 0.05) is 72.2 Å². The molecule has 0 saturated carbocycles. The minimum absolute atomic E-state index is 0.0167. The highest BCUT2D eigenvalue weighted by molar-refractivity contribution is 7.99. The molecular formula is C49H56ClF3N5O8PS3. The van der Waals surface area contributed by atoms with Crippen LogP contribution in [0, 0.1) is 5.92 Å². The standard InChI is InChI=1S/C49H56ClF3N5O8PS3/c1-2-66-67(60,61)34-36-22-25-56(26-23-36)27-24-41(35-68-43-9-4-3-5-10-43)54-46-21-20-44(32-47(46)69(62,63)49(51,52)53)70(64,65)55-48(59)38-14-18-42(19-15-38)58-30-28-57(29-31-58)33-39-8-6-7-11-45(39)37-12-16-40(50)17-13-37/h3-21,32,36,41,54H,2,22-31,33-35H2,1H3,(H,55,59)(H,60,61)/t41-/m1/s1. The summed E-state index contributed by atoms with van der Waals surface area (Å²) < 4.78 is 116. The number of amides is 1. The largest absolute Gasteiger partial charge is 0.501 e. The summed E-state index contributed by atoms with van der Waals surface area (Å²) in [7, 11) is -14.7. The van der Waals surface area contributed by atoms with Crippen molar-refractivity contribution in [1.29, 1.82) is 0 Å². The highest BCUT2D eigenvalue weighted by Gasteiger charge is 2.48. The molecule has 1 unspecified atom stereocenters.